The van der Waals surface area contributed by atoms with Crippen LogP contribution in [-0.4, -0.2) is 75.0 Å². The molecule has 1 aromatic rings. The van der Waals surface area contributed by atoms with E-state index < -0.39 is 0 Å². The topological polar surface area (TPSA) is 74.2 Å². The summed E-state index contributed by atoms with van der Waals surface area (Å²) in [6.45, 7) is 6.86. The van der Waals surface area contributed by atoms with Crippen LogP contribution in [0.5, 0.6) is 0 Å². The number of rotatable bonds is 6. The van der Waals surface area contributed by atoms with Gasteiger partial charge in [0.15, 0.2) is 5.96 Å². The molecule has 1 aromatic carbocycles. The summed E-state index contributed by atoms with van der Waals surface area (Å²) in [4.78, 5) is 32.5. The number of aliphatic imine (C=N–C) groups is 1. The van der Waals surface area contributed by atoms with E-state index in [4.69, 9.17) is 9.73 Å². The van der Waals surface area contributed by atoms with E-state index in [1.54, 1.807) is 19.0 Å². The number of carbonyl (C=O) groups is 2. The van der Waals surface area contributed by atoms with Crippen LogP contribution in [0.25, 0.3) is 0 Å². The number of amides is 1. The van der Waals surface area contributed by atoms with Gasteiger partial charge in [0.05, 0.1) is 13.0 Å². The van der Waals surface area contributed by atoms with E-state index in [1.807, 2.05) is 31.2 Å². The number of esters is 1. The van der Waals surface area contributed by atoms with Crippen LogP contribution in [0.2, 0.25) is 0 Å². The number of likely N-dealkylation sites (tertiary alicyclic amines) is 1. The standard InChI is InChI=1S/C21H32N4O3.HI/c1-6-22-21(25-13-15(2)18(14-25)20(27)28-5)23-11-10-16-8-7-9-17(12-16)19(26)24(3)4;/h7-9,12,15,18H,6,10-11,13-14H2,1-5H3,(H,22,23);1H. The normalized spacial score (nSPS) is 18.8. The average Bonchev–Trinajstić information content (AvgIpc) is 3.07. The Morgan fingerprint density at radius 3 is 2.66 bits per heavy atom. The fraction of sp³-hybridized carbons (Fsp3) is 0.571. The molecule has 0 spiro atoms. The van der Waals surface area contributed by atoms with E-state index in [9.17, 15) is 9.59 Å². The molecule has 1 heterocycles. The second-order valence-corrected chi connectivity index (χ2v) is 7.40. The van der Waals surface area contributed by atoms with Gasteiger partial charge in [0, 0.05) is 45.8 Å². The predicted octanol–water partition coefficient (Wildman–Crippen LogP) is 2.26. The number of ether oxygens (including phenoxy) is 1. The van der Waals surface area contributed by atoms with Crippen molar-refractivity contribution in [1.29, 1.82) is 0 Å². The Balaban J connectivity index is 0.00000420. The highest BCUT2D eigenvalue weighted by Gasteiger charge is 2.36. The van der Waals surface area contributed by atoms with Crippen molar-refractivity contribution < 1.29 is 14.3 Å². The molecule has 8 heteroatoms. The number of hydrogen-bond acceptors (Lipinski definition) is 4. The van der Waals surface area contributed by atoms with Gasteiger partial charge in [-0.1, -0.05) is 19.1 Å². The van der Waals surface area contributed by atoms with Crippen molar-refractivity contribution in [3.05, 3.63) is 35.4 Å². The first kappa shape index (κ1) is 25.2. The van der Waals surface area contributed by atoms with E-state index in [1.165, 1.54) is 7.11 Å². The molecule has 2 atom stereocenters. The molecular formula is C21H33IN4O3. The minimum absolute atomic E-state index is 0. The molecule has 0 radical (unpaired) electrons. The molecule has 2 unspecified atom stereocenters. The third-order valence-electron chi connectivity index (χ3n) is 4.99. The van der Waals surface area contributed by atoms with Crippen molar-refractivity contribution in [3.8, 4) is 0 Å². The Bertz CT molecular complexity index is 724. The van der Waals surface area contributed by atoms with Crippen LogP contribution in [0.1, 0.15) is 29.8 Å². The number of hydrogen-bond donors (Lipinski definition) is 1. The van der Waals surface area contributed by atoms with Crippen molar-refractivity contribution in [2.24, 2.45) is 16.8 Å². The number of methoxy groups -OCH3 is 1. The van der Waals surface area contributed by atoms with Crippen LogP contribution in [0.4, 0.5) is 0 Å². The Morgan fingerprint density at radius 2 is 2.03 bits per heavy atom. The molecule has 0 bridgehead atoms. The third kappa shape index (κ3) is 6.87. The smallest absolute Gasteiger partial charge is 0.310 e. The van der Waals surface area contributed by atoms with Crippen molar-refractivity contribution in [3.63, 3.8) is 0 Å². The van der Waals surface area contributed by atoms with Crippen LogP contribution in [-0.2, 0) is 16.0 Å². The van der Waals surface area contributed by atoms with Crippen LogP contribution in [0.3, 0.4) is 0 Å². The van der Waals surface area contributed by atoms with Crippen molar-refractivity contribution in [2.45, 2.75) is 20.3 Å². The molecule has 1 saturated heterocycles. The third-order valence-corrected chi connectivity index (χ3v) is 4.99. The maximum atomic E-state index is 12.1. The second-order valence-electron chi connectivity index (χ2n) is 7.40. The summed E-state index contributed by atoms with van der Waals surface area (Å²) in [6.07, 6.45) is 0.743. The molecule has 1 aliphatic rings. The monoisotopic (exact) mass is 516 g/mol. The van der Waals surface area contributed by atoms with Gasteiger partial charge in [0.2, 0.25) is 0 Å². The minimum Gasteiger partial charge on any atom is -0.469 e. The van der Waals surface area contributed by atoms with E-state index in [-0.39, 0.29) is 47.7 Å². The Morgan fingerprint density at radius 1 is 1.31 bits per heavy atom. The minimum atomic E-state index is -0.159. The van der Waals surface area contributed by atoms with Gasteiger partial charge in [0.1, 0.15) is 0 Å². The fourth-order valence-corrected chi connectivity index (χ4v) is 3.43. The van der Waals surface area contributed by atoms with Gasteiger partial charge in [0.25, 0.3) is 5.91 Å². The fourth-order valence-electron chi connectivity index (χ4n) is 3.43. The number of benzene rings is 1. The summed E-state index contributed by atoms with van der Waals surface area (Å²) in [7, 11) is 4.94. The highest BCUT2D eigenvalue weighted by Crippen LogP contribution is 2.24. The molecule has 0 aromatic heterocycles. The van der Waals surface area contributed by atoms with Crippen molar-refractivity contribution >= 4 is 41.8 Å². The molecular weight excluding hydrogens is 483 g/mol. The number of guanidine groups is 1. The van der Waals surface area contributed by atoms with Crippen molar-refractivity contribution in [1.82, 2.24) is 15.1 Å². The summed E-state index contributed by atoms with van der Waals surface area (Å²) in [5.74, 6) is 0.765. The van der Waals surface area contributed by atoms with E-state index >= 15 is 0 Å². The van der Waals surface area contributed by atoms with Gasteiger partial charge >= 0.3 is 5.97 Å². The molecule has 7 nitrogen and oxygen atoms in total. The molecule has 1 N–H and O–H groups in total. The second kappa shape index (κ2) is 12.0. The number of nitrogens with zero attached hydrogens (tertiary/aromatic N) is 3. The lowest BCUT2D eigenvalue weighted by molar-refractivity contribution is -0.145. The molecule has 2 rings (SSSR count). The number of nitrogens with one attached hydrogen (secondary N) is 1. The van der Waals surface area contributed by atoms with Gasteiger partial charge in [-0.3, -0.25) is 14.6 Å². The predicted molar refractivity (Wildman–Crippen MR) is 126 cm³/mol. The maximum absolute atomic E-state index is 12.1. The summed E-state index contributed by atoms with van der Waals surface area (Å²) < 4.78 is 4.92. The molecule has 1 amide bonds. The highest BCUT2D eigenvalue weighted by molar-refractivity contribution is 14.0. The van der Waals surface area contributed by atoms with E-state index in [0.717, 1.165) is 31.0 Å². The molecule has 0 saturated carbocycles. The molecule has 162 valence electrons. The Kier molecular flexibility index (Phi) is 10.4. The zero-order chi connectivity index (χ0) is 20.7. The van der Waals surface area contributed by atoms with Gasteiger partial charge in [-0.05, 0) is 37.0 Å². The summed E-state index contributed by atoms with van der Waals surface area (Å²) in [6, 6.07) is 7.68. The average molecular weight is 516 g/mol. The summed E-state index contributed by atoms with van der Waals surface area (Å²) >= 11 is 0. The molecule has 29 heavy (non-hydrogen) atoms. The van der Waals surface area contributed by atoms with Crippen LogP contribution in [0, 0.1) is 11.8 Å². The van der Waals surface area contributed by atoms with Gasteiger partial charge < -0.3 is 19.9 Å². The van der Waals surface area contributed by atoms with E-state index in [2.05, 4.69) is 17.1 Å². The number of carbonyl (C=O) groups excluding carboxylic acids is 2. The lowest BCUT2D eigenvalue weighted by Gasteiger charge is -2.21. The van der Waals surface area contributed by atoms with Crippen molar-refractivity contribution in [2.75, 3.05) is 47.4 Å². The summed E-state index contributed by atoms with van der Waals surface area (Å²) in [5, 5.41) is 3.32. The SMILES string of the molecule is CCNC(=NCCc1cccc(C(=O)N(C)C)c1)N1CC(C)C(C(=O)OC)C1.I. The maximum Gasteiger partial charge on any atom is 0.310 e. The first-order valence-electron chi connectivity index (χ1n) is 9.79. The first-order valence-corrected chi connectivity index (χ1v) is 9.79. The van der Waals surface area contributed by atoms with Crippen LogP contribution >= 0.6 is 24.0 Å². The largest absolute Gasteiger partial charge is 0.469 e. The lowest BCUT2D eigenvalue weighted by atomic mass is 9.99. The zero-order valence-electron chi connectivity index (χ0n) is 18.0. The molecule has 1 aliphatic heterocycles. The van der Waals surface area contributed by atoms with Gasteiger partial charge in [-0.25, -0.2) is 0 Å². The van der Waals surface area contributed by atoms with Crippen LogP contribution < -0.4 is 5.32 Å². The van der Waals surface area contributed by atoms with Gasteiger partial charge in [-0.2, -0.15) is 0 Å². The quantitative estimate of drug-likeness (QED) is 0.272. The summed E-state index contributed by atoms with van der Waals surface area (Å²) in [5.41, 5.74) is 1.77. The van der Waals surface area contributed by atoms with Crippen LogP contribution in [0.15, 0.2) is 29.3 Å². The Labute approximate surface area is 190 Å². The lowest BCUT2D eigenvalue weighted by Crippen LogP contribution is -2.40. The highest BCUT2D eigenvalue weighted by atomic mass is 127. The Hall–Kier alpha value is -1.84. The molecule has 1 fully saturated rings. The van der Waals surface area contributed by atoms with E-state index in [0.29, 0.717) is 18.7 Å². The number of halogens is 1. The van der Waals surface area contributed by atoms with Gasteiger partial charge in [-0.15, -0.1) is 24.0 Å². The zero-order valence-corrected chi connectivity index (χ0v) is 20.3. The first-order chi connectivity index (χ1) is 13.4. The molecule has 0 aliphatic carbocycles.